The quantitative estimate of drug-likeness (QED) is 0.243. The summed E-state index contributed by atoms with van der Waals surface area (Å²) in [6, 6.07) is 8.06. The van der Waals surface area contributed by atoms with Crippen LogP contribution in [-0.2, 0) is 6.42 Å². The molecule has 0 aliphatic heterocycles. The fourth-order valence-corrected chi connectivity index (χ4v) is 3.28. The van der Waals surface area contributed by atoms with Gasteiger partial charge in [0, 0.05) is 18.0 Å². The van der Waals surface area contributed by atoms with Crippen LogP contribution in [0.3, 0.4) is 0 Å². The average Bonchev–Trinajstić information content (AvgIpc) is 2.87. The Morgan fingerprint density at radius 3 is 1.59 bits per heavy atom. The first-order valence-corrected chi connectivity index (χ1v) is 14.2. The molecule has 1 heterocycles. The van der Waals surface area contributed by atoms with Crippen molar-refractivity contribution in [1.29, 1.82) is 0 Å². The molecule has 0 unspecified atom stereocenters. The summed E-state index contributed by atoms with van der Waals surface area (Å²) >= 11 is 0. The smallest absolute Gasteiger partial charge is 0.159 e. The fraction of sp³-hybridized carbons (Fsp3) is 0.677. The van der Waals surface area contributed by atoms with Crippen LogP contribution in [0.4, 0.5) is 0 Å². The van der Waals surface area contributed by atoms with Gasteiger partial charge >= 0.3 is 0 Å². The van der Waals surface area contributed by atoms with E-state index in [4.69, 9.17) is 4.74 Å². The topological polar surface area (TPSA) is 35.0 Å². The normalized spacial score (nSPS) is 10.1. The molecule has 0 spiro atoms. The van der Waals surface area contributed by atoms with Crippen molar-refractivity contribution in [3.05, 3.63) is 42.2 Å². The van der Waals surface area contributed by atoms with Crippen LogP contribution < -0.4 is 4.74 Å². The first-order chi connectivity index (χ1) is 16.7. The lowest BCUT2D eigenvalue weighted by Crippen LogP contribution is -1.96. The summed E-state index contributed by atoms with van der Waals surface area (Å²) in [5.41, 5.74) is 2.27. The zero-order chi connectivity index (χ0) is 25.3. The number of aromatic nitrogens is 2. The molecule has 0 N–H and O–H groups in total. The summed E-state index contributed by atoms with van der Waals surface area (Å²) in [6.07, 6.45) is 22.0. The van der Waals surface area contributed by atoms with Crippen molar-refractivity contribution in [2.24, 2.45) is 0 Å². The van der Waals surface area contributed by atoms with E-state index in [1.165, 1.54) is 76.2 Å². The Kier molecular flexibility index (Phi) is 22.9. The Bertz CT molecular complexity index is 648. The highest BCUT2D eigenvalue weighted by molar-refractivity contribution is 5.55. The summed E-state index contributed by atoms with van der Waals surface area (Å²) in [6.45, 7) is 13.9. The minimum absolute atomic E-state index is 0.777. The standard InChI is InChI=1S/C22H32N2O.C6H14.C3H8/c1-3-5-7-8-9-10-11-19-17-23-22(24-18-19)20-12-14-21(15-13-20)25-16-6-4-2;1-3-5-6-4-2;1-3-2/h12-15,17-18H,3-11,16H2,1-2H3;3-6H2,1-2H3;3H2,1-2H3. The maximum absolute atomic E-state index is 5.69. The van der Waals surface area contributed by atoms with Gasteiger partial charge in [-0.2, -0.15) is 0 Å². The molecular formula is C31H54N2O. The number of unbranched alkanes of at least 4 members (excludes halogenated alkanes) is 9. The number of hydrogen-bond donors (Lipinski definition) is 0. The van der Waals surface area contributed by atoms with Crippen LogP contribution in [0.1, 0.15) is 131 Å². The predicted molar refractivity (Wildman–Crippen MR) is 151 cm³/mol. The molecule has 3 nitrogen and oxygen atoms in total. The molecule has 0 radical (unpaired) electrons. The van der Waals surface area contributed by atoms with Crippen LogP contribution in [0.5, 0.6) is 5.75 Å². The van der Waals surface area contributed by atoms with Gasteiger partial charge in [-0.05, 0) is 49.1 Å². The zero-order valence-corrected chi connectivity index (χ0v) is 23.4. The summed E-state index contributed by atoms with van der Waals surface area (Å²) in [4.78, 5) is 9.06. The lowest BCUT2D eigenvalue weighted by Gasteiger charge is -2.06. The third-order valence-electron chi connectivity index (χ3n) is 5.36. The summed E-state index contributed by atoms with van der Waals surface area (Å²) in [5.74, 6) is 1.70. The van der Waals surface area contributed by atoms with Gasteiger partial charge in [-0.3, -0.25) is 0 Å². The summed E-state index contributed by atoms with van der Waals surface area (Å²) < 4.78 is 5.69. The molecule has 2 aromatic rings. The lowest BCUT2D eigenvalue weighted by molar-refractivity contribution is 0.309. The van der Waals surface area contributed by atoms with E-state index < -0.39 is 0 Å². The van der Waals surface area contributed by atoms with Crippen LogP contribution in [0.25, 0.3) is 11.4 Å². The van der Waals surface area contributed by atoms with Crippen LogP contribution in [-0.4, -0.2) is 16.6 Å². The molecule has 0 saturated heterocycles. The van der Waals surface area contributed by atoms with Gasteiger partial charge in [-0.25, -0.2) is 9.97 Å². The van der Waals surface area contributed by atoms with Crippen molar-refractivity contribution >= 4 is 0 Å². The van der Waals surface area contributed by atoms with Crippen molar-refractivity contribution in [1.82, 2.24) is 9.97 Å². The average molecular weight is 471 g/mol. The number of nitrogens with zero attached hydrogens (tertiary/aromatic N) is 2. The molecule has 34 heavy (non-hydrogen) atoms. The molecule has 0 amide bonds. The lowest BCUT2D eigenvalue weighted by atomic mass is 10.1. The molecule has 0 bridgehead atoms. The van der Waals surface area contributed by atoms with Crippen molar-refractivity contribution in [2.75, 3.05) is 6.61 Å². The van der Waals surface area contributed by atoms with E-state index in [0.29, 0.717) is 0 Å². The molecule has 1 aromatic carbocycles. The van der Waals surface area contributed by atoms with Gasteiger partial charge in [-0.1, -0.05) is 112 Å². The monoisotopic (exact) mass is 470 g/mol. The van der Waals surface area contributed by atoms with Gasteiger partial charge in [0.15, 0.2) is 5.82 Å². The third kappa shape index (κ3) is 17.6. The zero-order valence-electron chi connectivity index (χ0n) is 23.4. The van der Waals surface area contributed by atoms with Gasteiger partial charge in [-0.15, -0.1) is 0 Å². The van der Waals surface area contributed by atoms with Crippen LogP contribution in [0.2, 0.25) is 0 Å². The second kappa shape index (κ2) is 24.2. The van der Waals surface area contributed by atoms with Crippen molar-refractivity contribution in [3.8, 4) is 17.1 Å². The van der Waals surface area contributed by atoms with Crippen LogP contribution in [0, 0.1) is 0 Å². The van der Waals surface area contributed by atoms with Crippen molar-refractivity contribution in [3.63, 3.8) is 0 Å². The maximum atomic E-state index is 5.69. The molecule has 0 aliphatic rings. The van der Waals surface area contributed by atoms with E-state index in [9.17, 15) is 0 Å². The van der Waals surface area contributed by atoms with Gasteiger partial charge < -0.3 is 4.74 Å². The molecular weight excluding hydrogens is 416 g/mol. The first kappa shape index (κ1) is 32.1. The third-order valence-corrected chi connectivity index (χ3v) is 5.36. The SMILES string of the molecule is CCC.CCCCCC.CCCCCCCCc1cnc(-c2ccc(OCCCC)cc2)nc1. The minimum Gasteiger partial charge on any atom is -0.494 e. The highest BCUT2D eigenvalue weighted by Gasteiger charge is 2.03. The molecule has 2 rings (SSSR count). The highest BCUT2D eigenvalue weighted by atomic mass is 16.5. The van der Waals surface area contributed by atoms with Gasteiger partial charge in [0.05, 0.1) is 6.61 Å². The van der Waals surface area contributed by atoms with E-state index >= 15 is 0 Å². The Morgan fingerprint density at radius 2 is 1.06 bits per heavy atom. The number of benzene rings is 1. The highest BCUT2D eigenvalue weighted by Crippen LogP contribution is 2.20. The van der Waals surface area contributed by atoms with E-state index in [1.807, 2.05) is 36.7 Å². The molecule has 0 fully saturated rings. The van der Waals surface area contributed by atoms with Crippen LogP contribution >= 0.6 is 0 Å². The molecule has 194 valence electrons. The Balaban J connectivity index is 0.00000103. The van der Waals surface area contributed by atoms with E-state index in [1.54, 1.807) is 0 Å². The van der Waals surface area contributed by atoms with Crippen molar-refractivity contribution in [2.45, 2.75) is 131 Å². The predicted octanol–water partition coefficient (Wildman–Crippen LogP) is 10.2. The molecule has 0 saturated carbocycles. The fourth-order valence-electron chi connectivity index (χ4n) is 3.28. The second-order valence-corrected chi connectivity index (χ2v) is 9.07. The van der Waals surface area contributed by atoms with E-state index in [-0.39, 0.29) is 0 Å². The molecule has 1 aromatic heterocycles. The Labute approximate surface area is 212 Å². The molecule has 0 aliphatic carbocycles. The number of ether oxygens (including phenoxy) is 1. The van der Waals surface area contributed by atoms with Crippen molar-refractivity contribution < 1.29 is 4.74 Å². The van der Waals surface area contributed by atoms with Gasteiger partial charge in [0.25, 0.3) is 0 Å². The largest absolute Gasteiger partial charge is 0.494 e. The Hall–Kier alpha value is -1.90. The number of hydrogen-bond acceptors (Lipinski definition) is 3. The summed E-state index contributed by atoms with van der Waals surface area (Å²) in [7, 11) is 0. The number of rotatable bonds is 15. The Morgan fingerprint density at radius 1 is 0.588 bits per heavy atom. The first-order valence-electron chi connectivity index (χ1n) is 14.2. The minimum atomic E-state index is 0.777. The van der Waals surface area contributed by atoms with Gasteiger partial charge in [0.2, 0.25) is 0 Å². The second-order valence-electron chi connectivity index (χ2n) is 9.07. The van der Waals surface area contributed by atoms with Crippen LogP contribution in [0.15, 0.2) is 36.7 Å². The van der Waals surface area contributed by atoms with Gasteiger partial charge in [0.1, 0.15) is 5.75 Å². The molecule has 3 heteroatoms. The van der Waals surface area contributed by atoms with E-state index in [0.717, 1.165) is 43.0 Å². The number of aryl methyl sites for hydroxylation is 1. The van der Waals surface area contributed by atoms with E-state index in [2.05, 4.69) is 51.5 Å². The maximum Gasteiger partial charge on any atom is 0.159 e. The molecule has 0 atom stereocenters. The summed E-state index contributed by atoms with van der Waals surface area (Å²) in [5, 5.41) is 0.